The third-order valence-electron chi connectivity index (χ3n) is 4.27. The number of anilines is 1. The van der Waals surface area contributed by atoms with E-state index in [0.29, 0.717) is 40.5 Å². The maximum absolute atomic E-state index is 12.4. The molecule has 9 heteroatoms. The molecule has 0 atom stereocenters. The molecule has 8 nitrogen and oxygen atoms in total. The summed E-state index contributed by atoms with van der Waals surface area (Å²) in [4.78, 5) is 12.4. The Labute approximate surface area is 179 Å². The zero-order chi connectivity index (χ0) is 21.5. The number of aromatic nitrogens is 3. The van der Waals surface area contributed by atoms with Crippen molar-refractivity contribution in [2.24, 2.45) is 7.05 Å². The summed E-state index contributed by atoms with van der Waals surface area (Å²) < 4.78 is 18.0. The van der Waals surface area contributed by atoms with Crippen LogP contribution in [0.4, 0.5) is 5.69 Å². The molecular formula is C21H24N4O4S. The maximum Gasteiger partial charge on any atom is 0.234 e. The van der Waals surface area contributed by atoms with Gasteiger partial charge in [0.1, 0.15) is 5.75 Å². The van der Waals surface area contributed by atoms with Crippen molar-refractivity contribution in [1.29, 1.82) is 0 Å². The van der Waals surface area contributed by atoms with Crippen molar-refractivity contribution in [3.63, 3.8) is 0 Å². The van der Waals surface area contributed by atoms with Crippen LogP contribution in [0.5, 0.6) is 17.2 Å². The highest BCUT2D eigenvalue weighted by atomic mass is 32.2. The number of nitrogens with zero attached hydrogens (tertiary/aromatic N) is 3. The predicted molar refractivity (Wildman–Crippen MR) is 117 cm³/mol. The van der Waals surface area contributed by atoms with E-state index in [1.165, 1.54) is 11.8 Å². The van der Waals surface area contributed by atoms with Gasteiger partial charge < -0.3 is 24.1 Å². The number of hydrogen-bond acceptors (Lipinski definition) is 7. The number of rotatable bonds is 9. The Hall–Kier alpha value is -3.20. The van der Waals surface area contributed by atoms with Gasteiger partial charge in [-0.05, 0) is 37.3 Å². The first-order valence-corrected chi connectivity index (χ1v) is 10.3. The average Bonchev–Trinajstić information content (AvgIpc) is 3.13. The maximum atomic E-state index is 12.4. The standard InChI is InChI=1S/C21H24N4O4S/c1-5-29-16-9-7-6-8-15(16)22-19(26)13-30-21-24-23-20(25(21)2)14-10-11-17(27-3)18(12-14)28-4/h6-12H,5,13H2,1-4H3,(H,22,26). The Morgan fingerprint density at radius 3 is 2.57 bits per heavy atom. The van der Waals surface area contributed by atoms with Crippen molar-refractivity contribution in [2.75, 3.05) is 31.9 Å². The molecule has 0 saturated heterocycles. The van der Waals surface area contributed by atoms with Crippen LogP contribution in [0.3, 0.4) is 0 Å². The van der Waals surface area contributed by atoms with Gasteiger partial charge in [0.05, 0.1) is 32.3 Å². The van der Waals surface area contributed by atoms with Gasteiger partial charge in [-0.3, -0.25) is 4.79 Å². The van der Waals surface area contributed by atoms with Crippen molar-refractivity contribution in [1.82, 2.24) is 14.8 Å². The Balaban J connectivity index is 1.68. The summed E-state index contributed by atoms with van der Waals surface area (Å²) in [6, 6.07) is 12.9. The van der Waals surface area contributed by atoms with Gasteiger partial charge in [-0.1, -0.05) is 23.9 Å². The van der Waals surface area contributed by atoms with Crippen LogP contribution >= 0.6 is 11.8 Å². The van der Waals surface area contributed by atoms with E-state index in [2.05, 4.69) is 15.5 Å². The lowest BCUT2D eigenvalue weighted by Gasteiger charge is -2.11. The van der Waals surface area contributed by atoms with E-state index >= 15 is 0 Å². The highest BCUT2D eigenvalue weighted by Crippen LogP contribution is 2.32. The van der Waals surface area contributed by atoms with Crippen molar-refractivity contribution in [2.45, 2.75) is 12.1 Å². The molecule has 0 saturated carbocycles. The average molecular weight is 429 g/mol. The lowest BCUT2D eigenvalue weighted by Crippen LogP contribution is -2.15. The minimum Gasteiger partial charge on any atom is -0.493 e. The molecule has 30 heavy (non-hydrogen) atoms. The van der Waals surface area contributed by atoms with Crippen LogP contribution in [-0.4, -0.2) is 47.3 Å². The number of benzene rings is 2. The van der Waals surface area contributed by atoms with Gasteiger partial charge in [-0.25, -0.2) is 0 Å². The molecule has 1 aromatic heterocycles. The smallest absolute Gasteiger partial charge is 0.234 e. The summed E-state index contributed by atoms with van der Waals surface area (Å²) in [6.07, 6.45) is 0. The predicted octanol–water partition coefficient (Wildman–Crippen LogP) is 3.63. The summed E-state index contributed by atoms with van der Waals surface area (Å²) in [5.74, 6) is 2.61. The second-order valence-electron chi connectivity index (χ2n) is 6.20. The fourth-order valence-electron chi connectivity index (χ4n) is 2.83. The van der Waals surface area contributed by atoms with Crippen molar-refractivity contribution in [3.05, 3.63) is 42.5 Å². The van der Waals surface area contributed by atoms with E-state index in [-0.39, 0.29) is 11.7 Å². The number of hydrogen-bond donors (Lipinski definition) is 1. The Morgan fingerprint density at radius 1 is 1.07 bits per heavy atom. The minimum atomic E-state index is -0.150. The van der Waals surface area contributed by atoms with Crippen LogP contribution in [0.2, 0.25) is 0 Å². The molecule has 0 radical (unpaired) electrons. The molecule has 158 valence electrons. The molecule has 0 unspecified atom stereocenters. The van der Waals surface area contributed by atoms with Crippen molar-refractivity contribution < 1.29 is 19.0 Å². The molecule has 0 aliphatic heterocycles. The van der Waals surface area contributed by atoms with E-state index in [0.717, 1.165) is 5.56 Å². The number of nitrogens with one attached hydrogen (secondary N) is 1. The Morgan fingerprint density at radius 2 is 1.83 bits per heavy atom. The van der Waals surface area contributed by atoms with Gasteiger partial charge in [-0.2, -0.15) is 0 Å². The highest BCUT2D eigenvalue weighted by Gasteiger charge is 2.15. The molecule has 0 bridgehead atoms. The number of methoxy groups -OCH3 is 2. The lowest BCUT2D eigenvalue weighted by atomic mass is 10.2. The van der Waals surface area contributed by atoms with Crippen LogP contribution in [0, 0.1) is 0 Å². The van der Waals surface area contributed by atoms with E-state index < -0.39 is 0 Å². The van der Waals surface area contributed by atoms with Crippen LogP contribution in [0.1, 0.15) is 6.92 Å². The fourth-order valence-corrected chi connectivity index (χ4v) is 3.55. The van der Waals surface area contributed by atoms with Crippen LogP contribution < -0.4 is 19.5 Å². The van der Waals surface area contributed by atoms with E-state index in [1.54, 1.807) is 14.2 Å². The topological polar surface area (TPSA) is 87.5 Å². The summed E-state index contributed by atoms with van der Waals surface area (Å²) in [6.45, 7) is 2.43. The first-order chi connectivity index (χ1) is 14.6. The molecule has 1 heterocycles. The lowest BCUT2D eigenvalue weighted by molar-refractivity contribution is -0.113. The van der Waals surface area contributed by atoms with Crippen molar-refractivity contribution in [3.8, 4) is 28.6 Å². The Kier molecular flexibility index (Phi) is 7.18. The third kappa shape index (κ3) is 4.85. The molecule has 0 aliphatic carbocycles. The van der Waals surface area contributed by atoms with Crippen LogP contribution in [-0.2, 0) is 11.8 Å². The summed E-state index contributed by atoms with van der Waals surface area (Å²) in [7, 11) is 5.03. The number of para-hydroxylation sites is 2. The summed E-state index contributed by atoms with van der Waals surface area (Å²) >= 11 is 1.31. The second kappa shape index (κ2) is 10.0. The van der Waals surface area contributed by atoms with Gasteiger partial charge in [0.15, 0.2) is 22.5 Å². The summed E-state index contributed by atoms with van der Waals surface area (Å²) in [5, 5.41) is 12.0. The zero-order valence-electron chi connectivity index (χ0n) is 17.3. The molecule has 2 aromatic carbocycles. The van der Waals surface area contributed by atoms with E-state index in [1.807, 2.05) is 61.0 Å². The highest BCUT2D eigenvalue weighted by molar-refractivity contribution is 7.99. The number of ether oxygens (including phenoxy) is 3. The van der Waals surface area contributed by atoms with Gasteiger partial charge >= 0.3 is 0 Å². The summed E-state index contributed by atoms with van der Waals surface area (Å²) in [5.41, 5.74) is 1.48. The molecule has 0 fully saturated rings. The van der Waals surface area contributed by atoms with Gasteiger partial charge in [-0.15, -0.1) is 10.2 Å². The van der Waals surface area contributed by atoms with E-state index in [9.17, 15) is 4.79 Å². The largest absolute Gasteiger partial charge is 0.493 e. The second-order valence-corrected chi connectivity index (χ2v) is 7.14. The third-order valence-corrected chi connectivity index (χ3v) is 5.29. The number of thioether (sulfide) groups is 1. The first-order valence-electron chi connectivity index (χ1n) is 9.33. The number of amides is 1. The molecule has 1 N–H and O–H groups in total. The first kappa shape index (κ1) is 21.5. The Bertz CT molecular complexity index is 1020. The fraction of sp³-hybridized carbons (Fsp3) is 0.286. The molecule has 0 aliphatic rings. The van der Waals surface area contributed by atoms with Gasteiger partial charge in [0.25, 0.3) is 0 Å². The van der Waals surface area contributed by atoms with Crippen molar-refractivity contribution >= 4 is 23.4 Å². The monoisotopic (exact) mass is 428 g/mol. The van der Waals surface area contributed by atoms with Gasteiger partial charge in [0, 0.05) is 12.6 Å². The van der Waals surface area contributed by atoms with Gasteiger partial charge in [0.2, 0.25) is 5.91 Å². The number of carbonyl (C=O) groups is 1. The van der Waals surface area contributed by atoms with Crippen LogP contribution in [0.25, 0.3) is 11.4 Å². The molecule has 3 aromatic rings. The molecule has 3 rings (SSSR count). The normalized spacial score (nSPS) is 10.5. The van der Waals surface area contributed by atoms with Crippen LogP contribution in [0.15, 0.2) is 47.6 Å². The quantitative estimate of drug-likeness (QED) is 0.521. The number of carbonyl (C=O) groups excluding carboxylic acids is 1. The molecule has 1 amide bonds. The molecule has 0 spiro atoms. The molecular weight excluding hydrogens is 404 g/mol. The van der Waals surface area contributed by atoms with E-state index in [4.69, 9.17) is 14.2 Å². The SMILES string of the molecule is CCOc1ccccc1NC(=O)CSc1nnc(-c2ccc(OC)c(OC)c2)n1C. The zero-order valence-corrected chi connectivity index (χ0v) is 18.2. The minimum absolute atomic E-state index is 0.150.